The molecule has 1 atom stereocenters. The molecule has 0 aromatic carbocycles. The first-order chi connectivity index (χ1) is 7.70. The van der Waals surface area contributed by atoms with E-state index in [-0.39, 0.29) is 5.25 Å². The van der Waals surface area contributed by atoms with Gasteiger partial charge in [-0.25, -0.2) is 4.98 Å². The van der Waals surface area contributed by atoms with Gasteiger partial charge in [0.1, 0.15) is 0 Å². The maximum Gasteiger partial charge on any atom is 0.239 e. The predicted octanol–water partition coefficient (Wildman–Crippen LogP) is 2.45. The molecular weight excluding hydrogens is 224 g/mol. The van der Waals surface area contributed by atoms with Crippen molar-refractivity contribution in [2.45, 2.75) is 37.7 Å². The average molecular weight is 238 g/mol. The van der Waals surface area contributed by atoms with Crippen LogP contribution < -0.4 is 0 Å². The highest BCUT2D eigenvalue weighted by molar-refractivity contribution is 7.99. The number of hydrogen-bond donors (Lipinski definition) is 0. The Hall–Kier alpha value is -1.30. The van der Waals surface area contributed by atoms with Gasteiger partial charge in [0, 0.05) is 18.9 Å². The second kappa shape index (κ2) is 4.69. The molecule has 0 saturated heterocycles. The summed E-state index contributed by atoms with van der Waals surface area (Å²) in [5, 5.41) is 4.88. The molecule has 1 unspecified atom stereocenters. The fourth-order valence-corrected chi connectivity index (χ4v) is 2.30. The number of aryl methyl sites for hydroxylation is 2. The number of nitrogens with zero attached hydrogens (tertiary/aromatic N) is 4. The zero-order valence-corrected chi connectivity index (χ0v) is 10.4. The quantitative estimate of drug-likeness (QED) is 0.766. The van der Waals surface area contributed by atoms with Gasteiger partial charge in [0.15, 0.2) is 11.0 Å². The van der Waals surface area contributed by atoms with Crippen molar-refractivity contribution >= 4 is 11.8 Å². The summed E-state index contributed by atoms with van der Waals surface area (Å²) >= 11 is 1.62. The Labute approximate surface area is 98.3 Å². The Bertz CT molecular complexity index is 465. The van der Waals surface area contributed by atoms with E-state index in [1.54, 1.807) is 18.0 Å². The lowest BCUT2D eigenvalue weighted by atomic mass is 10.5. The maximum atomic E-state index is 5.13. The summed E-state index contributed by atoms with van der Waals surface area (Å²) in [7, 11) is 0. The lowest BCUT2D eigenvalue weighted by molar-refractivity contribution is 0.376. The van der Waals surface area contributed by atoms with Gasteiger partial charge in [-0.3, -0.25) is 0 Å². The van der Waals surface area contributed by atoms with Crippen LogP contribution in [0.5, 0.6) is 0 Å². The fraction of sp³-hybridized carbons (Fsp3) is 0.500. The Morgan fingerprint density at radius 3 is 3.00 bits per heavy atom. The van der Waals surface area contributed by atoms with Crippen LogP contribution in [0.15, 0.2) is 22.1 Å². The molecule has 6 heteroatoms. The highest BCUT2D eigenvalue weighted by atomic mass is 32.2. The van der Waals surface area contributed by atoms with Crippen LogP contribution in [0.1, 0.15) is 30.8 Å². The third-order valence-corrected chi connectivity index (χ3v) is 3.30. The number of hydrogen-bond acceptors (Lipinski definition) is 5. The van der Waals surface area contributed by atoms with Crippen molar-refractivity contribution in [3.63, 3.8) is 0 Å². The number of rotatable bonds is 4. The average Bonchev–Trinajstić information content (AvgIpc) is 2.86. The second-order valence-electron chi connectivity index (χ2n) is 3.44. The molecule has 0 aliphatic rings. The maximum absolute atomic E-state index is 5.13. The van der Waals surface area contributed by atoms with Crippen LogP contribution in [0.3, 0.4) is 0 Å². The molecule has 0 spiro atoms. The van der Waals surface area contributed by atoms with Crippen molar-refractivity contribution in [2.75, 3.05) is 0 Å². The molecule has 0 bridgehead atoms. The summed E-state index contributed by atoms with van der Waals surface area (Å²) in [4.78, 5) is 8.51. The van der Waals surface area contributed by atoms with E-state index in [9.17, 15) is 0 Å². The van der Waals surface area contributed by atoms with Gasteiger partial charge in [-0.1, -0.05) is 16.9 Å². The van der Waals surface area contributed by atoms with Crippen LogP contribution in [0, 0.1) is 6.92 Å². The normalized spacial score (nSPS) is 12.9. The van der Waals surface area contributed by atoms with E-state index in [1.807, 2.05) is 20.0 Å². The Kier molecular flexibility index (Phi) is 3.28. The van der Waals surface area contributed by atoms with Crippen molar-refractivity contribution in [3.05, 3.63) is 24.1 Å². The summed E-state index contributed by atoms with van der Waals surface area (Å²) in [6.45, 7) is 6.86. The van der Waals surface area contributed by atoms with Gasteiger partial charge < -0.3 is 9.09 Å². The molecule has 0 saturated carbocycles. The van der Waals surface area contributed by atoms with Crippen LogP contribution in [-0.2, 0) is 6.54 Å². The number of imidazole rings is 1. The van der Waals surface area contributed by atoms with Crippen LogP contribution in [0.4, 0.5) is 0 Å². The summed E-state index contributed by atoms with van der Waals surface area (Å²) in [6, 6.07) is 0. The van der Waals surface area contributed by atoms with Gasteiger partial charge in [-0.2, -0.15) is 4.98 Å². The summed E-state index contributed by atoms with van der Waals surface area (Å²) in [5.41, 5.74) is 0. The van der Waals surface area contributed by atoms with E-state index < -0.39 is 0 Å². The van der Waals surface area contributed by atoms with E-state index in [0.29, 0.717) is 11.7 Å². The molecule has 16 heavy (non-hydrogen) atoms. The zero-order valence-electron chi connectivity index (χ0n) is 9.54. The lowest BCUT2D eigenvalue weighted by Crippen LogP contribution is -1.97. The highest BCUT2D eigenvalue weighted by Gasteiger charge is 2.16. The van der Waals surface area contributed by atoms with Gasteiger partial charge in [-0.15, -0.1) is 0 Å². The van der Waals surface area contributed by atoms with E-state index in [0.717, 1.165) is 11.7 Å². The first-order valence-electron chi connectivity index (χ1n) is 5.18. The minimum atomic E-state index is 0.119. The number of thioether (sulfide) groups is 1. The standard InChI is InChI=1S/C10H14N4OS/c1-4-14-6-5-11-10(14)16-7(2)9-12-8(3)13-15-9/h5-7H,4H2,1-3H3. The SMILES string of the molecule is CCn1ccnc1SC(C)c1nc(C)no1. The van der Waals surface area contributed by atoms with E-state index in [1.165, 1.54) is 0 Å². The van der Waals surface area contributed by atoms with Gasteiger partial charge in [-0.05, 0) is 20.8 Å². The zero-order chi connectivity index (χ0) is 11.5. The first kappa shape index (κ1) is 11.2. The van der Waals surface area contributed by atoms with Crippen molar-refractivity contribution in [3.8, 4) is 0 Å². The van der Waals surface area contributed by atoms with Crippen molar-refractivity contribution in [1.82, 2.24) is 19.7 Å². The molecule has 2 aromatic rings. The minimum absolute atomic E-state index is 0.119. The van der Waals surface area contributed by atoms with Crippen LogP contribution in [0.25, 0.3) is 0 Å². The van der Waals surface area contributed by atoms with Crippen LogP contribution >= 0.6 is 11.8 Å². The molecular formula is C10H14N4OS. The summed E-state index contributed by atoms with van der Waals surface area (Å²) < 4.78 is 7.22. The largest absolute Gasteiger partial charge is 0.338 e. The summed E-state index contributed by atoms with van der Waals surface area (Å²) in [5.74, 6) is 1.31. The van der Waals surface area contributed by atoms with Crippen molar-refractivity contribution in [1.29, 1.82) is 0 Å². The third kappa shape index (κ3) is 2.27. The van der Waals surface area contributed by atoms with Gasteiger partial charge in [0.25, 0.3) is 0 Å². The Morgan fingerprint density at radius 2 is 2.38 bits per heavy atom. The van der Waals surface area contributed by atoms with Crippen LogP contribution in [0.2, 0.25) is 0 Å². The third-order valence-electron chi connectivity index (χ3n) is 2.19. The van der Waals surface area contributed by atoms with E-state index in [4.69, 9.17) is 4.52 Å². The summed E-state index contributed by atoms with van der Waals surface area (Å²) in [6.07, 6.45) is 3.77. The molecule has 5 nitrogen and oxygen atoms in total. The first-order valence-corrected chi connectivity index (χ1v) is 6.06. The Morgan fingerprint density at radius 1 is 1.56 bits per heavy atom. The van der Waals surface area contributed by atoms with E-state index in [2.05, 4.69) is 26.6 Å². The smallest absolute Gasteiger partial charge is 0.239 e. The molecule has 86 valence electrons. The topological polar surface area (TPSA) is 56.7 Å². The fourth-order valence-electron chi connectivity index (χ4n) is 1.34. The monoisotopic (exact) mass is 238 g/mol. The molecule has 0 aliphatic carbocycles. The lowest BCUT2D eigenvalue weighted by Gasteiger charge is -2.07. The molecule has 0 aliphatic heterocycles. The van der Waals surface area contributed by atoms with Gasteiger partial charge in [0.05, 0.1) is 5.25 Å². The van der Waals surface area contributed by atoms with E-state index >= 15 is 0 Å². The highest BCUT2D eigenvalue weighted by Crippen LogP contribution is 2.32. The van der Waals surface area contributed by atoms with Gasteiger partial charge >= 0.3 is 0 Å². The predicted molar refractivity (Wildman–Crippen MR) is 61.2 cm³/mol. The van der Waals surface area contributed by atoms with Crippen LogP contribution in [-0.4, -0.2) is 19.7 Å². The molecule has 0 fully saturated rings. The second-order valence-corrected chi connectivity index (χ2v) is 4.74. The van der Waals surface area contributed by atoms with Gasteiger partial charge in [0.2, 0.25) is 5.89 Å². The minimum Gasteiger partial charge on any atom is -0.338 e. The molecule has 2 heterocycles. The Balaban J connectivity index is 2.10. The molecule has 0 N–H and O–H groups in total. The van der Waals surface area contributed by atoms with Crippen molar-refractivity contribution < 1.29 is 4.52 Å². The molecule has 0 radical (unpaired) electrons. The molecule has 0 amide bonds. The van der Waals surface area contributed by atoms with Crippen molar-refractivity contribution in [2.24, 2.45) is 0 Å². The molecule has 2 aromatic heterocycles. The molecule has 2 rings (SSSR count). The number of aromatic nitrogens is 4.